The van der Waals surface area contributed by atoms with Crippen molar-refractivity contribution in [3.63, 3.8) is 0 Å². The zero-order chi connectivity index (χ0) is 15.2. The van der Waals surface area contributed by atoms with Gasteiger partial charge in [-0.2, -0.15) is 11.8 Å². The lowest BCUT2D eigenvalue weighted by molar-refractivity contribution is 0.403. The van der Waals surface area contributed by atoms with Crippen LogP contribution in [0.4, 0.5) is 0 Å². The second kappa shape index (κ2) is 8.66. The van der Waals surface area contributed by atoms with Crippen LogP contribution in [0, 0.1) is 0 Å². The number of thioether (sulfide) groups is 1. The Morgan fingerprint density at radius 3 is 2.40 bits per heavy atom. The lowest BCUT2D eigenvalue weighted by atomic mass is 10.0. The van der Waals surface area contributed by atoms with Gasteiger partial charge in [0.2, 0.25) is 0 Å². The van der Waals surface area contributed by atoms with Crippen molar-refractivity contribution in [2.75, 3.05) is 19.9 Å². The molecular formula is C15H23Br2NOS. The molecule has 0 aliphatic carbocycles. The smallest absolute Gasteiger partial charge is 0.137 e. The summed E-state index contributed by atoms with van der Waals surface area (Å²) < 4.78 is 7.85. The molecule has 2 nitrogen and oxygen atoms in total. The van der Waals surface area contributed by atoms with E-state index in [-0.39, 0.29) is 0 Å². The molecule has 0 aromatic heterocycles. The Balaban J connectivity index is 2.75. The number of hydrogen-bond acceptors (Lipinski definition) is 3. The van der Waals surface area contributed by atoms with Crippen molar-refractivity contribution in [1.82, 2.24) is 5.32 Å². The highest BCUT2D eigenvalue weighted by atomic mass is 79.9. The maximum Gasteiger partial charge on any atom is 0.137 e. The van der Waals surface area contributed by atoms with E-state index in [0.717, 1.165) is 33.3 Å². The van der Waals surface area contributed by atoms with Gasteiger partial charge in [0.15, 0.2) is 0 Å². The first-order valence-corrected chi connectivity index (χ1v) is 9.60. The first kappa shape index (κ1) is 18.3. The van der Waals surface area contributed by atoms with Crippen molar-refractivity contribution in [1.29, 1.82) is 0 Å². The maximum absolute atomic E-state index is 5.48. The van der Waals surface area contributed by atoms with E-state index in [1.807, 2.05) is 17.8 Å². The van der Waals surface area contributed by atoms with Gasteiger partial charge in [-0.1, -0.05) is 29.8 Å². The third-order valence-corrected chi connectivity index (χ3v) is 6.41. The van der Waals surface area contributed by atoms with Gasteiger partial charge >= 0.3 is 0 Å². The van der Waals surface area contributed by atoms with E-state index in [1.54, 1.807) is 7.11 Å². The van der Waals surface area contributed by atoms with Gasteiger partial charge in [-0.3, -0.25) is 0 Å². The minimum absolute atomic E-state index is 0.330. The molecule has 0 amide bonds. The molecule has 0 radical (unpaired) electrons. The van der Waals surface area contributed by atoms with E-state index in [4.69, 9.17) is 4.74 Å². The Hall–Kier alpha value is 0.290. The van der Waals surface area contributed by atoms with Crippen molar-refractivity contribution in [3.05, 3.63) is 26.6 Å². The fourth-order valence-corrected chi connectivity index (χ4v) is 4.56. The quantitative estimate of drug-likeness (QED) is 0.617. The van der Waals surface area contributed by atoms with Crippen LogP contribution in [0.15, 0.2) is 21.1 Å². The fraction of sp³-hybridized carbons (Fsp3) is 0.600. The Morgan fingerprint density at radius 1 is 1.25 bits per heavy atom. The number of ether oxygens (including phenoxy) is 1. The van der Waals surface area contributed by atoms with Crippen molar-refractivity contribution in [2.45, 2.75) is 38.0 Å². The van der Waals surface area contributed by atoms with Gasteiger partial charge in [0, 0.05) is 27.9 Å². The van der Waals surface area contributed by atoms with Crippen molar-refractivity contribution in [2.24, 2.45) is 0 Å². The highest BCUT2D eigenvalue weighted by molar-refractivity contribution is 9.11. The monoisotopic (exact) mass is 423 g/mol. The standard InChI is InChI=1S/C15H23Br2NOS/c1-5-15(6-2,20-4)10-18-9-11-7-12(16)8-13(17)14(11)19-3/h7-8,18H,5-6,9-10H2,1-4H3. The molecule has 0 aliphatic rings. The van der Waals surface area contributed by atoms with Crippen LogP contribution in [0.1, 0.15) is 32.3 Å². The van der Waals surface area contributed by atoms with E-state index in [9.17, 15) is 0 Å². The Morgan fingerprint density at radius 2 is 1.90 bits per heavy atom. The molecule has 0 bridgehead atoms. The number of halogens is 2. The minimum Gasteiger partial charge on any atom is -0.495 e. The Labute approximate surface area is 143 Å². The second-order valence-corrected chi connectivity index (χ2v) is 7.82. The Kier molecular flexibility index (Phi) is 7.95. The van der Waals surface area contributed by atoms with Gasteiger partial charge in [-0.05, 0) is 47.2 Å². The molecule has 20 heavy (non-hydrogen) atoms. The van der Waals surface area contributed by atoms with Crippen LogP contribution in [-0.2, 0) is 6.54 Å². The van der Waals surface area contributed by atoms with Gasteiger partial charge in [-0.15, -0.1) is 0 Å². The molecule has 0 aliphatic heterocycles. The lowest BCUT2D eigenvalue weighted by Gasteiger charge is -2.30. The molecule has 0 saturated carbocycles. The number of nitrogens with one attached hydrogen (secondary N) is 1. The van der Waals surface area contributed by atoms with Gasteiger partial charge in [0.05, 0.1) is 11.6 Å². The van der Waals surface area contributed by atoms with Crippen LogP contribution in [0.25, 0.3) is 0 Å². The summed E-state index contributed by atoms with van der Waals surface area (Å²) in [5.41, 5.74) is 1.16. The maximum atomic E-state index is 5.48. The van der Waals surface area contributed by atoms with E-state index in [0.29, 0.717) is 4.75 Å². The molecular weight excluding hydrogens is 402 g/mol. The summed E-state index contributed by atoms with van der Waals surface area (Å²) in [5.74, 6) is 0.906. The molecule has 1 N–H and O–H groups in total. The average molecular weight is 425 g/mol. The van der Waals surface area contributed by atoms with Crippen molar-refractivity contribution in [3.8, 4) is 5.75 Å². The summed E-state index contributed by atoms with van der Waals surface area (Å²) in [6, 6.07) is 4.11. The van der Waals surface area contributed by atoms with E-state index in [2.05, 4.69) is 63.3 Å². The summed E-state index contributed by atoms with van der Waals surface area (Å²) in [6.07, 6.45) is 4.55. The third kappa shape index (κ3) is 4.65. The molecule has 0 spiro atoms. The number of hydrogen-bond donors (Lipinski definition) is 1. The molecule has 5 heteroatoms. The van der Waals surface area contributed by atoms with Gasteiger partial charge in [0.1, 0.15) is 5.75 Å². The predicted octanol–water partition coefficient (Wildman–Crippen LogP) is 5.23. The van der Waals surface area contributed by atoms with Gasteiger partial charge in [0.25, 0.3) is 0 Å². The predicted molar refractivity (Wildman–Crippen MR) is 96.9 cm³/mol. The lowest BCUT2D eigenvalue weighted by Crippen LogP contribution is -2.36. The molecule has 1 aromatic rings. The average Bonchev–Trinajstić information content (AvgIpc) is 2.44. The minimum atomic E-state index is 0.330. The zero-order valence-electron chi connectivity index (χ0n) is 12.6. The van der Waals surface area contributed by atoms with Crippen LogP contribution in [-0.4, -0.2) is 24.7 Å². The summed E-state index contributed by atoms with van der Waals surface area (Å²) >= 11 is 9.03. The van der Waals surface area contributed by atoms with Crippen LogP contribution >= 0.6 is 43.6 Å². The fourth-order valence-electron chi connectivity index (χ4n) is 2.26. The summed E-state index contributed by atoms with van der Waals surface area (Å²) in [5, 5.41) is 3.58. The molecule has 0 heterocycles. The zero-order valence-corrected chi connectivity index (χ0v) is 16.5. The summed E-state index contributed by atoms with van der Waals surface area (Å²) in [6.45, 7) is 6.34. The highest BCUT2D eigenvalue weighted by Crippen LogP contribution is 2.33. The number of rotatable bonds is 8. The number of benzene rings is 1. The van der Waals surface area contributed by atoms with Crippen molar-refractivity contribution >= 4 is 43.6 Å². The van der Waals surface area contributed by atoms with Crippen LogP contribution < -0.4 is 10.1 Å². The van der Waals surface area contributed by atoms with E-state index in [1.165, 1.54) is 12.8 Å². The van der Waals surface area contributed by atoms with Crippen LogP contribution in [0.5, 0.6) is 5.75 Å². The molecule has 0 fully saturated rings. The second-order valence-electron chi connectivity index (χ2n) is 4.78. The SMILES string of the molecule is CCC(CC)(CNCc1cc(Br)cc(Br)c1OC)SC. The van der Waals surface area contributed by atoms with Gasteiger partial charge in [-0.25, -0.2) is 0 Å². The van der Waals surface area contributed by atoms with Crippen LogP contribution in [0.3, 0.4) is 0 Å². The summed E-state index contributed by atoms with van der Waals surface area (Å²) in [4.78, 5) is 0. The molecule has 0 unspecified atom stereocenters. The van der Waals surface area contributed by atoms with Crippen LogP contribution in [0.2, 0.25) is 0 Å². The highest BCUT2D eigenvalue weighted by Gasteiger charge is 2.24. The van der Waals surface area contributed by atoms with E-state index >= 15 is 0 Å². The van der Waals surface area contributed by atoms with Crippen molar-refractivity contribution < 1.29 is 4.74 Å². The van der Waals surface area contributed by atoms with E-state index < -0.39 is 0 Å². The topological polar surface area (TPSA) is 21.3 Å². The summed E-state index contributed by atoms with van der Waals surface area (Å²) in [7, 11) is 1.71. The molecule has 114 valence electrons. The first-order valence-electron chi connectivity index (χ1n) is 6.79. The molecule has 1 rings (SSSR count). The largest absolute Gasteiger partial charge is 0.495 e. The number of methoxy groups -OCH3 is 1. The third-order valence-electron chi connectivity index (χ3n) is 3.77. The Bertz CT molecular complexity index is 428. The molecule has 0 saturated heterocycles. The van der Waals surface area contributed by atoms with Gasteiger partial charge < -0.3 is 10.1 Å². The molecule has 1 aromatic carbocycles. The first-order chi connectivity index (χ1) is 9.51. The normalized spacial score (nSPS) is 11.7. The molecule has 0 atom stereocenters.